The zero-order valence-corrected chi connectivity index (χ0v) is 14.2. The van der Waals surface area contributed by atoms with Gasteiger partial charge in [-0.15, -0.1) is 0 Å². The van der Waals surface area contributed by atoms with Crippen molar-refractivity contribution in [3.05, 3.63) is 99.6 Å². The highest BCUT2D eigenvalue weighted by Gasteiger charge is 2.16. The number of benzene rings is 3. The van der Waals surface area contributed by atoms with E-state index >= 15 is 0 Å². The second-order valence-corrected chi connectivity index (χ2v) is 5.75. The molecule has 0 atom stereocenters. The van der Waals surface area contributed by atoms with Crippen molar-refractivity contribution in [1.29, 1.82) is 0 Å². The smallest absolute Gasteiger partial charge is 0.337 e. The van der Waals surface area contributed by atoms with Crippen LogP contribution in [0, 0.1) is 10.1 Å². The number of nitrogens with zero attached hydrogens (tertiary/aromatic N) is 1. The Kier molecular flexibility index (Phi) is 5.28. The Labute approximate surface area is 155 Å². The fourth-order valence-corrected chi connectivity index (χ4v) is 2.60. The van der Waals surface area contributed by atoms with Crippen LogP contribution in [0.2, 0.25) is 0 Å². The maximum atomic E-state index is 11.5. The van der Waals surface area contributed by atoms with Crippen molar-refractivity contribution in [3.63, 3.8) is 0 Å². The van der Waals surface area contributed by atoms with Crippen LogP contribution in [0.15, 0.2) is 72.8 Å². The summed E-state index contributed by atoms with van der Waals surface area (Å²) < 4.78 is 0. The predicted molar refractivity (Wildman–Crippen MR) is 105 cm³/mol. The van der Waals surface area contributed by atoms with Crippen LogP contribution in [0.5, 0.6) is 0 Å². The van der Waals surface area contributed by atoms with Crippen molar-refractivity contribution < 1.29 is 14.8 Å². The molecule has 0 aliphatic heterocycles. The van der Waals surface area contributed by atoms with Crippen LogP contribution in [0.1, 0.15) is 21.5 Å². The highest BCUT2D eigenvalue weighted by molar-refractivity contribution is 5.96. The summed E-state index contributed by atoms with van der Waals surface area (Å²) in [5.41, 5.74) is 2.20. The number of nitro groups is 1. The van der Waals surface area contributed by atoms with Crippen LogP contribution in [-0.2, 0) is 0 Å². The first-order valence-electron chi connectivity index (χ1n) is 8.15. The normalized spacial score (nSPS) is 10.7. The lowest BCUT2D eigenvalue weighted by molar-refractivity contribution is -0.383. The number of nitro benzene ring substituents is 1. The highest BCUT2D eigenvalue weighted by atomic mass is 16.6. The monoisotopic (exact) mass is 360 g/mol. The molecule has 0 spiro atoms. The summed E-state index contributed by atoms with van der Waals surface area (Å²) in [5, 5.41) is 23.5. The van der Waals surface area contributed by atoms with Gasteiger partial charge in [0.15, 0.2) is 0 Å². The van der Waals surface area contributed by atoms with Crippen LogP contribution < -0.4 is 5.32 Å². The van der Waals surface area contributed by atoms with Crippen molar-refractivity contribution in [2.24, 2.45) is 0 Å². The summed E-state index contributed by atoms with van der Waals surface area (Å²) in [7, 11) is 0. The molecule has 0 aliphatic carbocycles. The van der Waals surface area contributed by atoms with E-state index in [1.165, 1.54) is 18.2 Å². The van der Waals surface area contributed by atoms with Crippen molar-refractivity contribution in [1.82, 2.24) is 0 Å². The summed E-state index contributed by atoms with van der Waals surface area (Å²) in [5.74, 6) is -1.12. The molecule has 0 heterocycles. The summed E-state index contributed by atoms with van der Waals surface area (Å²) in [4.78, 5) is 22.2. The SMILES string of the molecule is O=C(O)c1ccc(/C=C/c2ccccc2)cc1Nc1ccccc1[N+](=O)[O-]. The van der Waals surface area contributed by atoms with Gasteiger partial charge in [-0.25, -0.2) is 4.79 Å². The second-order valence-electron chi connectivity index (χ2n) is 5.75. The summed E-state index contributed by atoms with van der Waals surface area (Å²) in [6.07, 6.45) is 3.76. The lowest BCUT2D eigenvalue weighted by Gasteiger charge is -2.11. The number of hydrogen-bond donors (Lipinski definition) is 2. The molecule has 3 aromatic rings. The van der Waals surface area contributed by atoms with Gasteiger partial charge in [0.2, 0.25) is 0 Å². The average molecular weight is 360 g/mol. The minimum Gasteiger partial charge on any atom is -0.478 e. The van der Waals surface area contributed by atoms with Gasteiger partial charge in [0.1, 0.15) is 5.69 Å². The molecule has 0 aliphatic rings. The van der Waals surface area contributed by atoms with E-state index in [4.69, 9.17) is 0 Å². The van der Waals surface area contributed by atoms with Gasteiger partial charge in [0.25, 0.3) is 5.69 Å². The van der Waals surface area contributed by atoms with Gasteiger partial charge in [-0.1, -0.05) is 60.7 Å². The molecule has 0 bridgehead atoms. The highest BCUT2D eigenvalue weighted by Crippen LogP contribution is 2.29. The van der Waals surface area contributed by atoms with Gasteiger partial charge in [-0.2, -0.15) is 0 Å². The maximum absolute atomic E-state index is 11.5. The standard InChI is InChI=1S/C21H16N2O4/c24-21(25)17-13-12-16(11-10-15-6-2-1-3-7-15)14-19(17)22-18-8-4-5-9-20(18)23(26)27/h1-14,22H,(H,24,25)/b11-10+. The number of aromatic carboxylic acids is 1. The first-order chi connectivity index (χ1) is 13.0. The minimum absolute atomic E-state index is 0.0324. The number of rotatable bonds is 6. The molecule has 134 valence electrons. The molecule has 0 unspecified atom stereocenters. The van der Waals surface area contributed by atoms with Crippen molar-refractivity contribution in [3.8, 4) is 0 Å². The van der Waals surface area contributed by atoms with Crippen molar-refractivity contribution >= 4 is 35.2 Å². The fourth-order valence-electron chi connectivity index (χ4n) is 2.60. The fraction of sp³-hybridized carbons (Fsp3) is 0. The molecule has 0 amide bonds. The Balaban J connectivity index is 1.97. The molecule has 27 heavy (non-hydrogen) atoms. The topological polar surface area (TPSA) is 92.5 Å². The van der Waals surface area contributed by atoms with E-state index in [9.17, 15) is 20.0 Å². The molecule has 3 aromatic carbocycles. The number of hydrogen-bond acceptors (Lipinski definition) is 4. The third-order valence-corrected chi connectivity index (χ3v) is 3.91. The number of para-hydroxylation sites is 2. The number of carbonyl (C=O) groups is 1. The Bertz CT molecular complexity index is 1010. The van der Waals surface area contributed by atoms with Gasteiger partial charge < -0.3 is 10.4 Å². The Hall–Kier alpha value is -3.93. The molecule has 2 N–H and O–H groups in total. The third-order valence-electron chi connectivity index (χ3n) is 3.91. The van der Waals surface area contributed by atoms with E-state index in [0.29, 0.717) is 0 Å². The quantitative estimate of drug-likeness (QED) is 0.358. The van der Waals surface area contributed by atoms with Gasteiger partial charge in [-0.3, -0.25) is 10.1 Å². The zero-order chi connectivity index (χ0) is 19.2. The number of carboxylic acids is 1. The first kappa shape index (κ1) is 17.9. The van der Waals surface area contributed by atoms with Crippen LogP contribution in [0.25, 0.3) is 12.2 Å². The van der Waals surface area contributed by atoms with E-state index in [1.807, 2.05) is 42.5 Å². The molecule has 0 saturated heterocycles. The summed E-state index contributed by atoms with van der Waals surface area (Å²) in [6.45, 7) is 0. The molecule has 0 saturated carbocycles. The summed E-state index contributed by atoms with van der Waals surface area (Å²) in [6, 6.07) is 20.6. The van der Waals surface area contributed by atoms with Gasteiger partial charge >= 0.3 is 5.97 Å². The van der Waals surface area contributed by atoms with Crippen LogP contribution in [0.4, 0.5) is 17.1 Å². The largest absolute Gasteiger partial charge is 0.478 e. The lowest BCUT2D eigenvalue weighted by atomic mass is 10.1. The third kappa shape index (κ3) is 4.38. The van der Waals surface area contributed by atoms with E-state index in [2.05, 4.69) is 5.32 Å². The van der Waals surface area contributed by atoms with Crippen LogP contribution in [0.3, 0.4) is 0 Å². The lowest BCUT2D eigenvalue weighted by Crippen LogP contribution is -2.04. The molecule has 6 heteroatoms. The Morgan fingerprint density at radius 1 is 0.889 bits per heavy atom. The number of nitrogens with one attached hydrogen (secondary N) is 1. The average Bonchev–Trinajstić information content (AvgIpc) is 2.67. The van der Waals surface area contributed by atoms with Gasteiger partial charge in [0, 0.05) is 6.07 Å². The predicted octanol–water partition coefficient (Wildman–Crippen LogP) is 5.21. The minimum atomic E-state index is -1.12. The first-order valence-corrected chi connectivity index (χ1v) is 8.15. The number of carboxylic acid groups (broad SMARTS) is 1. The molecule has 3 rings (SSSR count). The van der Waals surface area contributed by atoms with Gasteiger partial charge in [-0.05, 0) is 29.3 Å². The molecule has 0 radical (unpaired) electrons. The van der Waals surface area contributed by atoms with E-state index in [-0.39, 0.29) is 22.6 Å². The molecular weight excluding hydrogens is 344 g/mol. The van der Waals surface area contributed by atoms with E-state index in [1.54, 1.807) is 24.3 Å². The number of anilines is 2. The van der Waals surface area contributed by atoms with E-state index in [0.717, 1.165) is 11.1 Å². The maximum Gasteiger partial charge on any atom is 0.337 e. The molecule has 0 aromatic heterocycles. The zero-order valence-electron chi connectivity index (χ0n) is 14.2. The van der Waals surface area contributed by atoms with Crippen molar-refractivity contribution in [2.75, 3.05) is 5.32 Å². The molecular formula is C21H16N2O4. The molecule has 6 nitrogen and oxygen atoms in total. The second kappa shape index (κ2) is 7.97. The van der Waals surface area contributed by atoms with Crippen molar-refractivity contribution in [2.45, 2.75) is 0 Å². The Morgan fingerprint density at radius 3 is 2.26 bits per heavy atom. The Morgan fingerprint density at radius 2 is 1.56 bits per heavy atom. The van der Waals surface area contributed by atoms with Crippen LogP contribution >= 0.6 is 0 Å². The van der Waals surface area contributed by atoms with Crippen LogP contribution in [-0.4, -0.2) is 16.0 Å². The van der Waals surface area contributed by atoms with E-state index < -0.39 is 10.9 Å². The molecule has 0 fully saturated rings. The van der Waals surface area contributed by atoms with Gasteiger partial charge in [0.05, 0.1) is 16.2 Å². The summed E-state index contributed by atoms with van der Waals surface area (Å²) >= 11 is 0.